The second kappa shape index (κ2) is 8.25. The second-order valence-electron chi connectivity index (χ2n) is 5.66. The molecule has 0 unspecified atom stereocenters. The average Bonchev–Trinajstić information content (AvgIpc) is 2.58. The lowest BCUT2D eigenvalue weighted by atomic mass is 10.1. The van der Waals surface area contributed by atoms with Crippen molar-refractivity contribution in [1.29, 1.82) is 0 Å². The molecule has 0 bridgehead atoms. The third-order valence-electron chi connectivity index (χ3n) is 3.85. The Kier molecular flexibility index (Phi) is 6.08. The van der Waals surface area contributed by atoms with E-state index >= 15 is 0 Å². The maximum atomic E-state index is 12.6. The van der Waals surface area contributed by atoms with Gasteiger partial charge >= 0.3 is 0 Å². The summed E-state index contributed by atoms with van der Waals surface area (Å²) in [4.78, 5) is 23.1. The number of amides is 1. The van der Waals surface area contributed by atoms with E-state index in [9.17, 15) is 14.9 Å². The van der Waals surface area contributed by atoms with Crippen LogP contribution in [-0.4, -0.2) is 31.1 Å². The van der Waals surface area contributed by atoms with Crippen LogP contribution in [0.25, 0.3) is 0 Å². The van der Waals surface area contributed by atoms with Crippen LogP contribution in [0.4, 0.5) is 17.1 Å². The SMILES string of the molecule is COCCNc1ccc([N+](=O)[O-])cc1C(=O)Nc1ccc(C)c(C)c1. The lowest BCUT2D eigenvalue weighted by Crippen LogP contribution is -2.17. The molecular formula is C18H21N3O4. The third kappa shape index (κ3) is 4.77. The molecule has 0 radical (unpaired) electrons. The maximum absolute atomic E-state index is 12.6. The number of hydrogen-bond acceptors (Lipinski definition) is 5. The van der Waals surface area contributed by atoms with Gasteiger partial charge in [0.15, 0.2) is 0 Å². The molecule has 2 N–H and O–H groups in total. The molecule has 2 aromatic carbocycles. The average molecular weight is 343 g/mol. The molecule has 0 aliphatic rings. The first-order valence-corrected chi connectivity index (χ1v) is 7.82. The van der Waals surface area contributed by atoms with Crippen LogP contribution in [0.1, 0.15) is 21.5 Å². The molecule has 0 spiro atoms. The van der Waals surface area contributed by atoms with Crippen LogP contribution in [0, 0.1) is 24.0 Å². The summed E-state index contributed by atoms with van der Waals surface area (Å²) in [6.45, 7) is 4.88. The van der Waals surface area contributed by atoms with Crippen molar-refractivity contribution >= 4 is 23.0 Å². The van der Waals surface area contributed by atoms with Crippen molar-refractivity contribution in [3.63, 3.8) is 0 Å². The number of ether oxygens (including phenoxy) is 1. The zero-order valence-corrected chi connectivity index (χ0v) is 14.5. The molecule has 25 heavy (non-hydrogen) atoms. The zero-order chi connectivity index (χ0) is 18.4. The number of aryl methyl sites for hydroxylation is 2. The van der Waals surface area contributed by atoms with Gasteiger partial charge in [0.1, 0.15) is 0 Å². The monoisotopic (exact) mass is 343 g/mol. The molecule has 0 fully saturated rings. The van der Waals surface area contributed by atoms with E-state index in [1.807, 2.05) is 26.0 Å². The van der Waals surface area contributed by atoms with Gasteiger partial charge in [0.2, 0.25) is 0 Å². The van der Waals surface area contributed by atoms with Crippen LogP contribution >= 0.6 is 0 Å². The number of nitrogens with one attached hydrogen (secondary N) is 2. The molecule has 7 heteroatoms. The van der Waals surface area contributed by atoms with E-state index in [4.69, 9.17) is 4.74 Å². The molecule has 2 aromatic rings. The van der Waals surface area contributed by atoms with E-state index in [1.54, 1.807) is 13.2 Å². The lowest BCUT2D eigenvalue weighted by Gasteiger charge is -2.13. The van der Waals surface area contributed by atoms with Crippen molar-refractivity contribution in [3.8, 4) is 0 Å². The number of hydrogen-bond donors (Lipinski definition) is 2. The highest BCUT2D eigenvalue weighted by atomic mass is 16.6. The molecule has 0 aromatic heterocycles. The van der Waals surface area contributed by atoms with E-state index in [1.165, 1.54) is 18.2 Å². The zero-order valence-electron chi connectivity index (χ0n) is 14.5. The number of carbonyl (C=O) groups excluding carboxylic acids is 1. The number of nitro groups is 1. The van der Waals surface area contributed by atoms with Crippen molar-refractivity contribution in [1.82, 2.24) is 0 Å². The molecule has 0 aliphatic carbocycles. The lowest BCUT2D eigenvalue weighted by molar-refractivity contribution is -0.384. The van der Waals surface area contributed by atoms with Crippen molar-refractivity contribution in [3.05, 3.63) is 63.2 Å². The number of non-ortho nitro benzene ring substituents is 1. The number of anilines is 2. The summed E-state index contributed by atoms with van der Waals surface area (Å²) in [6, 6.07) is 9.74. The van der Waals surface area contributed by atoms with Crippen LogP contribution < -0.4 is 10.6 Å². The van der Waals surface area contributed by atoms with Crippen LogP contribution in [0.15, 0.2) is 36.4 Å². The first-order valence-electron chi connectivity index (χ1n) is 7.82. The third-order valence-corrected chi connectivity index (χ3v) is 3.85. The van der Waals surface area contributed by atoms with Gasteiger partial charge in [-0.25, -0.2) is 0 Å². The fraction of sp³-hybridized carbons (Fsp3) is 0.278. The number of benzene rings is 2. The van der Waals surface area contributed by atoms with Gasteiger partial charge in [-0.3, -0.25) is 14.9 Å². The van der Waals surface area contributed by atoms with Gasteiger partial charge in [0, 0.05) is 37.2 Å². The van der Waals surface area contributed by atoms with Crippen LogP contribution in [0.5, 0.6) is 0 Å². The number of nitrogens with zero attached hydrogens (tertiary/aromatic N) is 1. The Hall–Kier alpha value is -2.93. The highest BCUT2D eigenvalue weighted by Crippen LogP contribution is 2.24. The molecule has 0 atom stereocenters. The van der Waals surface area contributed by atoms with Gasteiger partial charge in [-0.2, -0.15) is 0 Å². The van der Waals surface area contributed by atoms with Gasteiger partial charge in [0.25, 0.3) is 11.6 Å². The largest absolute Gasteiger partial charge is 0.383 e. The van der Waals surface area contributed by atoms with E-state index < -0.39 is 10.8 Å². The number of methoxy groups -OCH3 is 1. The smallest absolute Gasteiger partial charge is 0.270 e. The van der Waals surface area contributed by atoms with Crippen molar-refractivity contribution in [2.75, 3.05) is 30.9 Å². The second-order valence-corrected chi connectivity index (χ2v) is 5.66. The molecule has 7 nitrogen and oxygen atoms in total. The van der Waals surface area contributed by atoms with Gasteiger partial charge in [-0.15, -0.1) is 0 Å². The Morgan fingerprint density at radius 2 is 1.92 bits per heavy atom. The Bertz CT molecular complexity index is 790. The predicted octanol–water partition coefficient (Wildman–Crippen LogP) is 3.52. The van der Waals surface area contributed by atoms with Crippen LogP contribution in [0.3, 0.4) is 0 Å². The highest BCUT2D eigenvalue weighted by Gasteiger charge is 2.17. The van der Waals surface area contributed by atoms with E-state index in [0.29, 0.717) is 24.5 Å². The van der Waals surface area contributed by atoms with E-state index in [0.717, 1.165) is 11.1 Å². The Labute approximate surface area is 146 Å². The summed E-state index contributed by atoms with van der Waals surface area (Å²) in [6.07, 6.45) is 0. The summed E-state index contributed by atoms with van der Waals surface area (Å²) >= 11 is 0. The van der Waals surface area contributed by atoms with Crippen molar-refractivity contribution in [2.24, 2.45) is 0 Å². The Morgan fingerprint density at radius 3 is 2.56 bits per heavy atom. The van der Waals surface area contributed by atoms with Crippen molar-refractivity contribution < 1.29 is 14.5 Å². The van der Waals surface area contributed by atoms with Crippen LogP contribution in [0.2, 0.25) is 0 Å². The number of rotatable bonds is 7. The molecule has 0 aliphatic heterocycles. The summed E-state index contributed by atoms with van der Waals surface area (Å²) in [5.74, 6) is -0.410. The molecular weight excluding hydrogens is 322 g/mol. The van der Waals surface area contributed by atoms with E-state index in [-0.39, 0.29) is 11.3 Å². The van der Waals surface area contributed by atoms with Crippen LogP contribution in [-0.2, 0) is 4.74 Å². The van der Waals surface area contributed by atoms with Crippen molar-refractivity contribution in [2.45, 2.75) is 13.8 Å². The topological polar surface area (TPSA) is 93.5 Å². The first-order chi connectivity index (χ1) is 11.9. The molecule has 2 rings (SSSR count). The summed E-state index contributed by atoms with van der Waals surface area (Å²) in [5, 5.41) is 16.9. The number of nitro benzene ring substituents is 1. The molecule has 0 saturated heterocycles. The molecule has 0 heterocycles. The number of carbonyl (C=O) groups is 1. The fourth-order valence-electron chi connectivity index (χ4n) is 2.29. The van der Waals surface area contributed by atoms with Gasteiger partial charge in [-0.1, -0.05) is 6.07 Å². The predicted molar refractivity (Wildman–Crippen MR) is 97.3 cm³/mol. The Morgan fingerprint density at radius 1 is 1.16 bits per heavy atom. The minimum Gasteiger partial charge on any atom is -0.383 e. The minimum absolute atomic E-state index is 0.137. The van der Waals surface area contributed by atoms with Gasteiger partial charge in [-0.05, 0) is 43.2 Å². The summed E-state index contributed by atoms with van der Waals surface area (Å²) in [5.41, 5.74) is 3.41. The quantitative estimate of drug-likeness (QED) is 0.456. The normalized spacial score (nSPS) is 10.4. The van der Waals surface area contributed by atoms with Gasteiger partial charge in [0.05, 0.1) is 17.1 Å². The van der Waals surface area contributed by atoms with Gasteiger partial charge < -0.3 is 15.4 Å². The molecule has 1 amide bonds. The fourth-order valence-corrected chi connectivity index (χ4v) is 2.29. The Balaban J connectivity index is 2.29. The maximum Gasteiger partial charge on any atom is 0.270 e. The standard InChI is InChI=1S/C18H21N3O4/c1-12-4-5-14(10-13(12)2)20-18(22)16-11-15(21(23)24)6-7-17(16)19-8-9-25-3/h4-7,10-11,19H,8-9H2,1-3H3,(H,20,22). The minimum atomic E-state index is -0.522. The summed E-state index contributed by atoms with van der Waals surface area (Å²) in [7, 11) is 1.57. The first kappa shape index (κ1) is 18.4. The molecule has 132 valence electrons. The molecule has 0 saturated carbocycles. The van der Waals surface area contributed by atoms with E-state index in [2.05, 4.69) is 10.6 Å². The summed E-state index contributed by atoms with van der Waals surface area (Å²) < 4.78 is 4.97. The highest BCUT2D eigenvalue weighted by molar-refractivity contribution is 6.08.